The number of hydrogen-bond acceptors (Lipinski definition) is 2. The maximum Gasteiger partial charge on any atom is 0.0699 e. The smallest absolute Gasteiger partial charge is 0.0699 e. The van der Waals surface area contributed by atoms with Gasteiger partial charge in [0.1, 0.15) is 0 Å². The fraction of sp³-hybridized carbons (Fsp3) is 1.00. The molecule has 0 aliphatic carbocycles. The summed E-state index contributed by atoms with van der Waals surface area (Å²) in [4.78, 5) is 0. The number of nitrogens with one attached hydrogen (secondary N) is 1. The minimum Gasteiger partial charge on any atom is -0.377 e. The Balaban J connectivity index is 3.38. The second kappa shape index (κ2) is 12.0. The van der Waals surface area contributed by atoms with E-state index in [1.807, 2.05) is 0 Å². The molecule has 0 fully saturated rings. The Hall–Kier alpha value is -0.0800. The predicted molar refractivity (Wildman–Crippen MR) is 67.3 cm³/mol. The number of rotatable bonds is 11. The third kappa shape index (κ3) is 10.2. The fourth-order valence-electron chi connectivity index (χ4n) is 1.65. The molecule has 0 spiro atoms. The second-order valence-corrected chi connectivity index (χ2v) is 4.15. The van der Waals surface area contributed by atoms with E-state index in [1.165, 1.54) is 38.5 Å². The summed E-state index contributed by atoms with van der Waals surface area (Å²) in [6, 6.07) is 0. The highest BCUT2D eigenvalue weighted by atomic mass is 16.5. The van der Waals surface area contributed by atoms with Crippen molar-refractivity contribution in [3.63, 3.8) is 0 Å². The van der Waals surface area contributed by atoms with Gasteiger partial charge in [-0.15, -0.1) is 0 Å². The van der Waals surface area contributed by atoms with E-state index in [0.29, 0.717) is 6.10 Å². The van der Waals surface area contributed by atoms with Crippen LogP contribution in [0.2, 0.25) is 0 Å². The van der Waals surface area contributed by atoms with Crippen LogP contribution in [0.25, 0.3) is 0 Å². The van der Waals surface area contributed by atoms with Crippen LogP contribution in [0.15, 0.2) is 0 Å². The van der Waals surface area contributed by atoms with Crippen LogP contribution in [0.4, 0.5) is 0 Å². The number of ether oxygens (including phenoxy) is 1. The van der Waals surface area contributed by atoms with Gasteiger partial charge in [-0.05, 0) is 19.4 Å². The molecular weight excluding hydrogens is 186 g/mol. The molecule has 0 radical (unpaired) electrons. The maximum atomic E-state index is 5.87. The molecule has 0 saturated carbocycles. The van der Waals surface area contributed by atoms with Crippen molar-refractivity contribution in [3.05, 3.63) is 0 Å². The molecular formula is C13H29NO. The second-order valence-electron chi connectivity index (χ2n) is 4.15. The topological polar surface area (TPSA) is 21.3 Å². The van der Waals surface area contributed by atoms with Crippen LogP contribution in [0.5, 0.6) is 0 Å². The highest BCUT2D eigenvalue weighted by molar-refractivity contribution is 4.60. The molecule has 0 bridgehead atoms. The van der Waals surface area contributed by atoms with Gasteiger partial charge in [0.05, 0.1) is 6.10 Å². The highest BCUT2D eigenvalue weighted by Gasteiger charge is 2.06. The lowest BCUT2D eigenvalue weighted by molar-refractivity contribution is 0.0449. The molecule has 1 unspecified atom stereocenters. The van der Waals surface area contributed by atoms with E-state index >= 15 is 0 Å². The van der Waals surface area contributed by atoms with Crippen molar-refractivity contribution in [2.45, 2.75) is 65.4 Å². The minimum atomic E-state index is 0.427. The van der Waals surface area contributed by atoms with Gasteiger partial charge in [-0.25, -0.2) is 0 Å². The van der Waals surface area contributed by atoms with Gasteiger partial charge in [-0.1, -0.05) is 46.5 Å². The van der Waals surface area contributed by atoms with Gasteiger partial charge >= 0.3 is 0 Å². The molecule has 0 amide bonds. The van der Waals surface area contributed by atoms with E-state index in [4.69, 9.17) is 4.74 Å². The van der Waals surface area contributed by atoms with Crippen LogP contribution in [0, 0.1) is 0 Å². The lowest BCUT2D eigenvalue weighted by Gasteiger charge is -2.17. The summed E-state index contributed by atoms with van der Waals surface area (Å²) in [6.07, 6.45) is 8.00. The first-order valence-corrected chi connectivity index (χ1v) is 6.67. The van der Waals surface area contributed by atoms with Crippen molar-refractivity contribution in [3.8, 4) is 0 Å². The summed E-state index contributed by atoms with van der Waals surface area (Å²) in [5, 5.41) is 3.36. The van der Waals surface area contributed by atoms with Gasteiger partial charge in [-0.3, -0.25) is 0 Å². The molecule has 1 atom stereocenters. The zero-order valence-electron chi connectivity index (χ0n) is 10.8. The largest absolute Gasteiger partial charge is 0.377 e. The van der Waals surface area contributed by atoms with Crippen LogP contribution in [0.1, 0.15) is 59.3 Å². The molecule has 0 aromatic heterocycles. The SMILES string of the molecule is CCCCCCOC(CCC)CNCC. The third-order valence-electron chi connectivity index (χ3n) is 2.58. The van der Waals surface area contributed by atoms with E-state index in [1.54, 1.807) is 0 Å². The molecule has 0 aromatic carbocycles. The van der Waals surface area contributed by atoms with Gasteiger partial charge < -0.3 is 10.1 Å². The van der Waals surface area contributed by atoms with Gasteiger partial charge in [0.15, 0.2) is 0 Å². The molecule has 0 aliphatic heterocycles. The zero-order valence-corrected chi connectivity index (χ0v) is 10.8. The van der Waals surface area contributed by atoms with Crippen molar-refractivity contribution in [2.24, 2.45) is 0 Å². The standard InChI is InChI=1S/C13H29NO/c1-4-7-8-9-11-15-13(10-5-2)12-14-6-3/h13-14H,4-12H2,1-3H3. The van der Waals surface area contributed by atoms with Gasteiger partial charge in [0, 0.05) is 13.2 Å². The van der Waals surface area contributed by atoms with E-state index in [2.05, 4.69) is 26.1 Å². The Morgan fingerprint density at radius 3 is 2.40 bits per heavy atom. The summed E-state index contributed by atoms with van der Waals surface area (Å²) in [5.74, 6) is 0. The Morgan fingerprint density at radius 1 is 1.00 bits per heavy atom. The van der Waals surface area contributed by atoms with Crippen LogP contribution >= 0.6 is 0 Å². The van der Waals surface area contributed by atoms with Crippen molar-refractivity contribution in [1.29, 1.82) is 0 Å². The normalized spacial score (nSPS) is 13.0. The molecule has 92 valence electrons. The molecule has 2 nitrogen and oxygen atoms in total. The summed E-state index contributed by atoms with van der Waals surface area (Å²) in [7, 11) is 0. The Bertz CT molecular complexity index is 117. The first kappa shape index (κ1) is 14.9. The minimum absolute atomic E-state index is 0.427. The fourth-order valence-corrected chi connectivity index (χ4v) is 1.65. The van der Waals surface area contributed by atoms with Gasteiger partial charge in [0.25, 0.3) is 0 Å². The lowest BCUT2D eigenvalue weighted by Crippen LogP contribution is -2.29. The quantitative estimate of drug-likeness (QED) is 0.534. The van der Waals surface area contributed by atoms with Gasteiger partial charge in [0.2, 0.25) is 0 Å². The molecule has 15 heavy (non-hydrogen) atoms. The average Bonchev–Trinajstić information content (AvgIpc) is 2.25. The Kier molecular flexibility index (Phi) is 11.9. The molecule has 0 rings (SSSR count). The van der Waals surface area contributed by atoms with Crippen LogP contribution in [0.3, 0.4) is 0 Å². The van der Waals surface area contributed by atoms with E-state index in [-0.39, 0.29) is 0 Å². The highest BCUT2D eigenvalue weighted by Crippen LogP contribution is 2.04. The first-order valence-electron chi connectivity index (χ1n) is 6.67. The average molecular weight is 215 g/mol. The number of hydrogen-bond donors (Lipinski definition) is 1. The molecule has 0 saturated heterocycles. The van der Waals surface area contributed by atoms with Crippen molar-refractivity contribution < 1.29 is 4.74 Å². The van der Waals surface area contributed by atoms with Crippen LogP contribution < -0.4 is 5.32 Å². The lowest BCUT2D eigenvalue weighted by atomic mass is 10.2. The number of likely N-dealkylation sites (N-methyl/N-ethyl adjacent to an activating group) is 1. The van der Waals surface area contributed by atoms with E-state index in [0.717, 1.165) is 19.7 Å². The van der Waals surface area contributed by atoms with E-state index in [9.17, 15) is 0 Å². The monoisotopic (exact) mass is 215 g/mol. The third-order valence-corrected chi connectivity index (χ3v) is 2.58. The van der Waals surface area contributed by atoms with Crippen LogP contribution in [-0.2, 0) is 4.74 Å². The molecule has 0 aliphatic rings. The summed E-state index contributed by atoms with van der Waals surface area (Å²) in [6.45, 7) is 9.60. The number of unbranched alkanes of at least 4 members (excludes halogenated alkanes) is 3. The molecule has 0 aromatic rings. The van der Waals surface area contributed by atoms with Crippen molar-refractivity contribution in [1.82, 2.24) is 5.32 Å². The summed E-state index contributed by atoms with van der Waals surface area (Å²) in [5.41, 5.74) is 0. The Labute approximate surface area is 95.8 Å². The first-order chi connectivity index (χ1) is 7.35. The molecule has 1 N–H and O–H groups in total. The van der Waals surface area contributed by atoms with Gasteiger partial charge in [-0.2, -0.15) is 0 Å². The maximum absolute atomic E-state index is 5.87. The predicted octanol–water partition coefficient (Wildman–Crippen LogP) is 3.36. The Morgan fingerprint density at radius 2 is 1.80 bits per heavy atom. The molecule has 0 heterocycles. The zero-order chi connectivity index (χ0) is 11.4. The summed E-state index contributed by atoms with van der Waals surface area (Å²) < 4.78 is 5.87. The molecule has 2 heteroatoms. The summed E-state index contributed by atoms with van der Waals surface area (Å²) >= 11 is 0. The van der Waals surface area contributed by atoms with Crippen molar-refractivity contribution in [2.75, 3.05) is 19.7 Å². The van der Waals surface area contributed by atoms with E-state index < -0.39 is 0 Å². The van der Waals surface area contributed by atoms with Crippen LogP contribution in [-0.4, -0.2) is 25.8 Å². The van der Waals surface area contributed by atoms with Crippen molar-refractivity contribution >= 4 is 0 Å².